The van der Waals surface area contributed by atoms with Crippen LogP contribution < -0.4 is 5.32 Å². The average Bonchev–Trinajstić information content (AvgIpc) is 2.39. The summed E-state index contributed by atoms with van der Waals surface area (Å²) < 4.78 is 14.2. The van der Waals surface area contributed by atoms with Gasteiger partial charge in [-0.3, -0.25) is 4.79 Å². The fourth-order valence-corrected chi connectivity index (χ4v) is 2.25. The Kier molecular flexibility index (Phi) is 4.74. The van der Waals surface area contributed by atoms with Gasteiger partial charge in [0.25, 0.3) is 0 Å². The second kappa shape index (κ2) is 6.52. The molecule has 2 N–H and O–H groups in total. The fourth-order valence-electron chi connectivity index (χ4n) is 1.85. The first-order chi connectivity index (χ1) is 9.54. The lowest BCUT2D eigenvalue weighted by Gasteiger charge is -2.12. The first-order valence-electron chi connectivity index (χ1n) is 6.07. The number of anilines is 2. The number of carbonyl (C=O) groups is 1. The van der Waals surface area contributed by atoms with Crippen LogP contribution in [-0.2, 0) is 11.2 Å². The minimum Gasteiger partial charge on any atom is -0.481 e. The zero-order chi connectivity index (χ0) is 14.5. The highest BCUT2D eigenvalue weighted by molar-refractivity contribution is 9.10. The van der Waals surface area contributed by atoms with Crippen molar-refractivity contribution in [2.24, 2.45) is 0 Å². The number of nitrogens with one attached hydrogen (secondary N) is 1. The third-order valence-electron chi connectivity index (χ3n) is 2.78. The number of benzene rings is 2. The molecule has 0 unspecified atom stereocenters. The third-order valence-corrected chi connectivity index (χ3v) is 3.27. The van der Waals surface area contributed by atoms with Crippen LogP contribution in [0, 0.1) is 5.82 Å². The van der Waals surface area contributed by atoms with Gasteiger partial charge in [-0.2, -0.15) is 0 Å². The highest BCUT2D eigenvalue weighted by atomic mass is 79.9. The normalized spacial score (nSPS) is 10.3. The van der Waals surface area contributed by atoms with E-state index >= 15 is 0 Å². The monoisotopic (exact) mass is 337 g/mol. The Balaban J connectivity index is 2.24. The average molecular weight is 338 g/mol. The van der Waals surface area contributed by atoms with Gasteiger partial charge < -0.3 is 10.4 Å². The van der Waals surface area contributed by atoms with E-state index in [1.54, 1.807) is 6.07 Å². The zero-order valence-electron chi connectivity index (χ0n) is 10.6. The Bertz CT molecular complexity index is 631. The fraction of sp³-hybridized carbons (Fsp3) is 0.133. The summed E-state index contributed by atoms with van der Waals surface area (Å²) >= 11 is 3.38. The predicted molar refractivity (Wildman–Crippen MR) is 79.8 cm³/mol. The standard InChI is InChI=1S/C15H13BrFNO2/c16-11-2-1-3-13(9-11)18-14-6-5-12(17)8-10(14)4-7-15(19)20/h1-3,5-6,8-9,18H,4,7H2,(H,19,20). The molecule has 0 spiro atoms. The van der Waals surface area contributed by atoms with Gasteiger partial charge in [0.1, 0.15) is 5.82 Å². The Morgan fingerprint density at radius 2 is 2.05 bits per heavy atom. The van der Waals surface area contributed by atoms with E-state index < -0.39 is 5.97 Å². The summed E-state index contributed by atoms with van der Waals surface area (Å²) in [6.07, 6.45) is 0.250. The number of hydrogen-bond acceptors (Lipinski definition) is 2. The van der Waals surface area contributed by atoms with E-state index in [-0.39, 0.29) is 18.7 Å². The van der Waals surface area contributed by atoms with Crippen molar-refractivity contribution < 1.29 is 14.3 Å². The molecule has 2 aromatic carbocycles. The molecule has 0 fully saturated rings. The molecule has 3 nitrogen and oxygen atoms in total. The summed E-state index contributed by atoms with van der Waals surface area (Å²) in [6, 6.07) is 11.9. The number of rotatable bonds is 5. The summed E-state index contributed by atoms with van der Waals surface area (Å²) in [5, 5.41) is 11.9. The predicted octanol–water partition coefficient (Wildman–Crippen LogP) is 4.35. The van der Waals surface area contributed by atoms with Crippen molar-refractivity contribution in [3.63, 3.8) is 0 Å². The maximum atomic E-state index is 13.3. The molecule has 0 atom stereocenters. The second-order valence-corrected chi connectivity index (χ2v) is 5.25. The van der Waals surface area contributed by atoms with E-state index in [2.05, 4.69) is 21.2 Å². The van der Waals surface area contributed by atoms with Gasteiger partial charge in [0.15, 0.2) is 0 Å². The van der Waals surface area contributed by atoms with Gasteiger partial charge in [0, 0.05) is 22.3 Å². The molecule has 0 saturated heterocycles. The first-order valence-corrected chi connectivity index (χ1v) is 6.87. The van der Waals surface area contributed by atoms with Gasteiger partial charge in [-0.1, -0.05) is 22.0 Å². The van der Waals surface area contributed by atoms with Crippen molar-refractivity contribution in [2.75, 3.05) is 5.32 Å². The first kappa shape index (κ1) is 14.5. The van der Waals surface area contributed by atoms with E-state index in [1.807, 2.05) is 24.3 Å². The Labute approximate surface area is 124 Å². The van der Waals surface area contributed by atoms with Crippen LogP contribution in [0.25, 0.3) is 0 Å². The number of halogens is 2. The molecule has 0 heterocycles. The molecule has 0 aromatic heterocycles. The number of carboxylic acid groups (broad SMARTS) is 1. The van der Waals surface area contributed by atoms with Crippen molar-refractivity contribution in [1.82, 2.24) is 0 Å². The highest BCUT2D eigenvalue weighted by Gasteiger charge is 2.07. The molecule has 0 amide bonds. The summed E-state index contributed by atoms with van der Waals surface area (Å²) in [6.45, 7) is 0. The van der Waals surface area contributed by atoms with Crippen LogP contribution >= 0.6 is 15.9 Å². The van der Waals surface area contributed by atoms with E-state index in [0.717, 1.165) is 10.2 Å². The number of hydrogen-bond donors (Lipinski definition) is 2. The summed E-state index contributed by atoms with van der Waals surface area (Å²) in [5.41, 5.74) is 2.21. The maximum Gasteiger partial charge on any atom is 0.303 e. The molecule has 2 rings (SSSR count). The van der Waals surface area contributed by atoms with Crippen LogP contribution in [0.5, 0.6) is 0 Å². The Morgan fingerprint density at radius 3 is 2.75 bits per heavy atom. The Morgan fingerprint density at radius 1 is 1.25 bits per heavy atom. The summed E-state index contributed by atoms with van der Waals surface area (Å²) in [4.78, 5) is 10.7. The molecular weight excluding hydrogens is 325 g/mol. The molecule has 0 aliphatic rings. The smallest absolute Gasteiger partial charge is 0.303 e. The molecular formula is C15H13BrFNO2. The van der Waals surface area contributed by atoms with E-state index in [0.29, 0.717) is 11.3 Å². The highest BCUT2D eigenvalue weighted by Crippen LogP contribution is 2.25. The quantitative estimate of drug-likeness (QED) is 0.852. The van der Waals surface area contributed by atoms with Gasteiger partial charge >= 0.3 is 5.97 Å². The molecule has 104 valence electrons. The molecule has 0 radical (unpaired) electrons. The lowest BCUT2D eigenvalue weighted by atomic mass is 10.1. The molecule has 0 saturated carbocycles. The van der Waals surface area contributed by atoms with Crippen molar-refractivity contribution in [2.45, 2.75) is 12.8 Å². The van der Waals surface area contributed by atoms with Gasteiger partial charge in [-0.15, -0.1) is 0 Å². The van der Waals surface area contributed by atoms with Crippen molar-refractivity contribution in [3.05, 3.63) is 58.3 Å². The van der Waals surface area contributed by atoms with Crippen LogP contribution in [-0.4, -0.2) is 11.1 Å². The number of carboxylic acids is 1. The van der Waals surface area contributed by atoms with Crippen LogP contribution in [0.1, 0.15) is 12.0 Å². The van der Waals surface area contributed by atoms with Gasteiger partial charge in [0.2, 0.25) is 0 Å². The lowest BCUT2D eigenvalue weighted by molar-refractivity contribution is -0.136. The van der Waals surface area contributed by atoms with Gasteiger partial charge in [0.05, 0.1) is 0 Å². The SMILES string of the molecule is O=C(O)CCc1cc(F)ccc1Nc1cccc(Br)c1. The Hall–Kier alpha value is -1.88. The third kappa shape index (κ3) is 4.06. The van der Waals surface area contributed by atoms with Crippen molar-refractivity contribution >= 4 is 33.3 Å². The number of aryl methyl sites for hydroxylation is 1. The van der Waals surface area contributed by atoms with Crippen LogP contribution in [0.15, 0.2) is 46.9 Å². The van der Waals surface area contributed by atoms with Crippen LogP contribution in [0.3, 0.4) is 0 Å². The zero-order valence-corrected chi connectivity index (χ0v) is 12.2. The van der Waals surface area contributed by atoms with E-state index in [1.165, 1.54) is 12.1 Å². The summed E-state index contributed by atoms with van der Waals surface area (Å²) in [5.74, 6) is -1.27. The molecule has 0 aliphatic heterocycles. The molecule has 20 heavy (non-hydrogen) atoms. The van der Waals surface area contributed by atoms with E-state index in [4.69, 9.17) is 5.11 Å². The lowest BCUT2D eigenvalue weighted by Crippen LogP contribution is -2.01. The van der Waals surface area contributed by atoms with Gasteiger partial charge in [-0.05, 0) is 48.4 Å². The molecule has 0 bridgehead atoms. The number of aliphatic carboxylic acids is 1. The molecule has 2 aromatic rings. The maximum absolute atomic E-state index is 13.3. The van der Waals surface area contributed by atoms with E-state index in [9.17, 15) is 9.18 Å². The van der Waals surface area contributed by atoms with Crippen molar-refractivity contribution in [1.29, 1.82) is 0 Å². The largest absolute Gasteiger partial charge is 0.481 e. The van der Waals surface area contributed by atoms with Crippen LogP contribution in [0.2, 0.25) is 0 Å². The van der Waals surface area contributed by atoms with Gasteiger partial charge in [-0.25, -0.2) is 4.39 Å². The minimum atomic E-state index is -0.900. The topological polar surface area (TPSA) is 49.3 Å². The summed E-state index contributed by atoms with van der Waals surface area (Å²) in [7, 11) is 0. The second-order valence-electron chi connectivity index (χ2n) is 4.33. The molecule has 5 heteroatoms. The molecule has 0 aliphatic carbocycles. The van der Waals surface area contributed by atoms with Crippen LogP contribution in [0.4, 0.5) is 15.8 Å². The van der Waals surface area contributed by atoms with Crippen molar-refractivity contribution in [3.8, 4) is 0 Å². The minimum absolute atomic E-state index is 0.0311.